The molecule has 3 heteroatoms. The van der Waals surface area contributed by atoms with E-state index in [4.69, 9.17) is 5.73 Å². The Labute approximate surface area is 82.7 Å². The van der Waals surface area contributed by atoms with Crippen molar-refractivity contribution in [2.75, 3.05) is 0 Å². The van der Waals surface area contributed by atoms with Gasteiger partial charge < -0.3 is 5.73 Å². The molecule has 0 aromatic heterocycles. The maximum absolute atomic E-state index is 11.3. The van der Waals surface area contributed by atoms with Crippen LogP contribution in [0.2, 0.25) is 5.31 Å². The third kappa shape index (κ3) is 4.35. The van der Waals surface area contributed by atoms with Crippen LogP contribution in [0.3, 0.4) is 0 Å². The Kier molecular flexibility index (Phi) is 5.84. The Morgan fingerprint density at radius 3 is 1.85 bits per heavy atom. The highest BCUT2D eigenvalue weighted by Gasteiger charge is 2.29. The summed E-state index contributed by atoms with van der Waals surface area (Å²) in [4.78, 5) is 11.3. The van der Waals surface area contributed by atoms with Gasteiger partial charge in [0, 0.05) is 5.31 Å². The van der Waals surface area contributed by atoms with Crippen LogP contribution in [-0.2, 0) is 4.79 Å². The molecule has 0 aliphatic carbocycles. The van der Waals surface area contributed by atoms with Crippen molar-refractivity contribution in [2.24, 2.45) is 5.73 Å². The molecule has 0 saturated heterocycles. The number of rotatable bonds is 7. The Hall–Kier alpha value is -0.465. The molecule has 0 aromatic carbocycles. The molecular formula is C10H22BNO. The van der Waals surface area contributed by atoms with Gasteiger partial charge in [0.2, 0.25) is 5.91 Å². The standard InChI is InChI=1S/C10H22BNO/c1-3-5-7-10(11,9(12)13)8-6-4-2/h3-8,11H2,1-2H3,(H2,12,13). The van der Waals surface area contributed by atoms with Gasteiger partial charge in [-0.25, -0.2) is 0 Å². The average Bonchev–Trinajstić information content (AvgIpc) is 2.11. The van der Waals surface area contributed by atoms with Gasteiger partial charge in [-0.2, -0.15) is 0 Å². The van der Waals surface area contributed by atoms with Gasteiger partial charge in [0.1, 0.15) is 7.85 Å². The predicted octanol–water partition coefficient (Wildman–Crippen LogP) is 1.64. The van der Waals surface area contributed by atoms with Gasteiger partial charge in [-0.1, -0.05) is 39.5 Å². The van der Waals surface area contributed by atoms with E-state index in [2.05, 4.69) is 13.8 Å². The molecule has 0 atom stereocenters. The van der Waals surface area contributed by atoms with Crippen LogP contribution in [0.15, 0.2) is 0 Å². The van der Waals surface area contributed by atoms with Crippen LogP contribution < -0.4 is 5.73 Å². The first-order valence-electron chi connectivity index (χ1n) is 5.36. The number of unbranched alkanes of at least 4 members (excludes halogenated alkanes) is 2. The summed E-state index contributed by atoms with van der Waals surface area (Å²) >= 11 is 0. The first kappa shape index (κ1) is 12.5. The fourth-order valence-corrected chi connectivity index (χ4v) is 1.51. The summed E-state index contributed by atoms with van der Waals surface area (Å²) in [5.74, 6) is -0.130. The van der Waals surface area contributed by atoms with Crippen LogP contribution in [0.4, 0.5) is 0 Å². The molecule has 0 aliphatic heterocycles. The molecule has 0 bridgehead atoms. The van der Waals surface area contributed by atoms with Crippen molar-refractivity contribution in [3.05, 3.63) is 0 Å². The minimum Gasteiger partial charge on any atom is -0.370 e. The molecule has 2 N–H and O–H groups in total. The van der Waals surface area contributed by atoms with E-state index in [1.54, 1.807) is 0 Å². The lowest BCUT2D eigenvalue weighted by Gasteiger charge is -2.25. The van der Waals surface area contributed by atoms with Gasteiger partial charge in [0.05, 0.1) is 0 Å². The minimum atomic E-state index is -0.258. The van der Waals surface area contributed by atoms with E-state index < -0.39 is 0 Å². The summed E-state index contributed by atoms with van der Waals surface area (Å²) in [7, 11) is 2.00. The number of carbonyl (C=O) groups is 1. The van der Waals surface area contributed by atoms with Crippen molar-refractivity contribution in [3.63, 3.8) is 0 Å². The summed E-state index contributed by atoms with van der Waals surface area (Å²) in [5.41, 5.74) is 5.41. The first-order valence-corrected chi connectivity index (χ1v) is 5.36. The molecule has 13 heavy (non-hydrogen) atoms. The number of hydrogen-bond acceptors (Lipinski definition) is 1. The lowest BCUT2D eigenvalue weighted by Crippen LogP contribution is -2.31. The molecule has 0 fully saturated rings. The highest BCUT2D eigenvalue weighted by atomic mass is 16.1. The Morgan fingerprint density at radius 2 is 1.62 bits per heavy atom. The molecule has 0 unspecified atom stereocenters. The minimum absolute atomic E-state index is 0.130. The van der Waals surface area contributed by atoms with Crippen molar-refractivity contribution in [1.82, 2.24) is 0 Å². The number of hydrogen-bond donors (Lipinski definition) is 1. The van der Waals surface area contributed by atoms with Gasteiger partial charge in [0.15, 0.2) is 0 Å². The quantitative estimate of drug-likeness (QED) is 0.599. The summed E-state index contributed by atoms with van der Waals surface area (Å²) in [6.45, 7) is 4.28. The second-order valence-electron chi connectivity index (χ2n) is 4.13. The first-order chi connectivity index (χ1) is 6.06. The number of carbonyl (C=O) groups excluding carboxylic acids is 1. The van der Waals surface area contributed by atoms with Crippen LogP contribution in [0.25, 0.3) is 0 Å². The van der Waals surface area contributed by atoms with E-state index in [9.17, 15) is 4.79 Å². The lowest BCUT2D eigenvalue weighted by atomic mass is 9.62. The van der Waals surface area contributed by atoms with E-state index >= 15 is 0 Å². The molecule has 0 saturated carbocycles. The summed E-state index contributed by atoms with van der Waals surface area (Å²) in [5, 5.41) is -0.258. The van der Waals surface area contributed by atoms with Crippen LogP contribution in [0.5, 0.6) is 0 Å². The number of nitrogens with two attached hydrogens (primary N) is 1. The van der Waals surface area contributed by atoms with E-state index in [0.717, 1.165) is 38.5 Å². The van der Waals surface area contributed by atoms with Crippen LogP contribution in [0, 0.1) is 0 Å². The largest absolute Gasteiger partial charge is 0.370 e. The zero-order valence-corrected chi connectivity index (χ0v) is 9.23. The second-order valence-corrected chi connectivity index (χ2v) is 4.13. The van der Waals surface area contributed by atoms with Crippen LogP contribution in [-0.4, -0.2) is 13.8 Å². The van der Waals surface area contributed by atoms with E-state index in [1.165, 1.54) is 0 Å². The maximum Gasteiger partial charge on any atom is 0.215 e. The van der Waals surface area contributed by atoms with Gasteiger partial charge >= 0.3 is 0 Å². The zero-order valence-electron chi connectivity index (χ0n) is 9.23. The monoisotopic (exact) mass is 183 g/mol. The smallest absolute Gasteiger partial charge is 0.215 e. The molecule has 76 valence electrons. The van der Waals surface area contributed by atoms with Crippen molar-refractivity contribution in [2.45, 2.75) is 57.7 Å². The van der Waals surface area contributed by atoms with E-state index in [-0.39, 0.29) is 11.2 Å². The van der Waals surface area contributed by atoms with Gasteiger partial charge in [-0.15, -0.1) is 0 Å². The SMILES string of the molecule is BC(CCCC)(CCCC)C(N)=O. The number of primary amides is 1. The number of amides is 1. The Balaban J connectivity index is 4.08. The van der Waals surface area contributed by atoms with Crippen LogP contribution >= 0.6 is 0 Å². The molecule has 0 radical (unpaired) electrons. The average molecular weight is 183 g/mol. The Morgan fingerprint density at radius 1 is 1.23 bits per heavy atom. The van der Waals surface area contributed by atoms with E-state index in [0.29, 0.717) is 0 Å². The molecule has 0 aromatic rings. The van der Waals surface area contributed by atoms with Crippen LogP contribution in [0.1, 0.15) is 52.4 Å². The molecular weight excluding hydrogens is 161 g/mol. The molecule has 0 aliphatic rings. The zero-order chi connectivity index (χ0) is 10.3. The second kappa shape index (κ2) is 6.06. The molecule has 2 nitrogen and oxygen atoms in total. The van der Waals surface area contributed by atoms with Crippen molar-refractivity contribution < 1.29 is 4.79 Å². The fourth-order valence-electron chi connectivity index (χ4n) is 1.51. The molecule has 1 amide bonds. The third-order valence-corrected chi connectivity index (χ3v) is 2.76. The Bertz CT molecular complexity index is 151. The van der Waals surface area contributed by atoms with Crippen molar-refractivity contribution >= 4 is 13.8 Å². The maximum atomic E-state index is 11.3. The summed E-state index contributed by atoms with van der Waals surface area (Å²) < 4.78 is 0. The van der Waals surface area contributed by atoms with Gasteiger partial charge in [-0.05, 0) is 12.8 Å². The lowest BCUT2D eigenvalue weighted by molar-refractivity contribution is -0.121. The highest BCUT2D eigenvalue weighted by Crippen LogP contribution is 2.34. The van der Waals surface area contributed by atoms with Crippen molar-refractivity contribution in [3.8, 4) is 0 Å². The third-order valence-electron chi connectivity index (χ3n) is 2.76. The normalized spacial score (nSPS) is 11.5. The van der Waals surface area contributed by atoms with Crippen molar-refractivity contribution in [1.29, 1.82) is 0 Å². The van der Waals surface area contributed by atoms with Gasteiger partial charge in [-0.3, -0.25) is 4.79 Å². The summed E-state index contributed by atoms with van der Waals surface area (Å²) in [6, 6.07) is 0. The predicted molar refractivity (Wildman–Crippen MR) is 59.5 cm³/mol. The van der Waals surface area contributed by atoms with E-state index in [1.807, 2.05) is 7.85 Å². The van der Waals surface area contributed by atoms with Gasteiger partial charge in [0.25, 0.3) is 0 Å². The molecule has 0 spiro atoms. The molecule has 0 heterocycles. The fraction of sp³-hybridized carbons (Fsp3) is 0.900. The highest BCUT2D eigenvalue weighted by molar-refractivity contribution is 6.27. The summed E-state index contributed by atoms with van der Waals surface area (Å²) in [6.07, 6.45) is 6.36. The topological polar surface area (TPSA) is 43.1 Å². The molecule has 0 rings (SSSR count).